The van der Waals surface area contributed by atoms with Crippen LogP contribution in [0.2, 0.25) is 0 Å². The maximum atomic E-state index is 5.82. The minimum Gasteiger partial charge on any atom is -0.303 e. The molecule has 1 aliphatic heterocycles. The minimum atomic E-state index is 0.757. The number of fused-ring (bicyclic) bond motifs is 1. The average Bonchev–Trinajstić information content (AvgIpc) is 2.73. The van der Waals surface area contributed by atoms with Crippen molar-refractivity contribution in [3.8, 4) is 11.3 Å². The third-order valence-corrected chi connectivity index (χ3v) is 4.77. The van der Waals surface area contributed by atoms with Gasteiger partial charge in [0, 0.05) is 31.6 Å². The van der Waals surface area contributed by atoms with Crippen LogP contribution in [0.15, 0.2) is 24.3 Å². The molecular weight excluding hydrogens is 294 g/mol. The van der Waals surface area contributed by atoms with Gasteiger partial charge in [0.2, 0.25) is 0 Å². The fraction of sp³-hybridized carbons (Fsp3) is 0.500. The summed E-state index contributed by atoms with van der Waals surface area (Å²) in [5.74, 6) is 0.757. The largest absolute Gasteiger partial charge is 0.303 e. The first-order chi connectivity index (χ1) is 10.7. The lowest BCUT2D eigenvalue weighted by molar-refractivity contribution is 0.289. The number of alkyl halides is 1. The standard InChI is InChI=1S/C18H24ClN3/c1-14-12-18(21(2)20-14)17-5-4-15-6-10-22(9-3-8-19)11-7-16(15)13-17/h4-5,12-13H,3,6-11H2,1-2H3. The van der Waals surface area contributed by atoms with Gasteiger partial charge in [-0.05, 0) is 56.0 Å². The van der Waals surface area contributed by atoms with Gasteiger partial charge >= 0.3 is 0 Å². The zero-order valence-electron chi connectivity index (χ0n) is 13.5. The molecule has 3 nitrogen and oxygen atoms in total. The minimum absolute atomic E-state index is 0.757. The van der Waals surface area contributed by atoms with E-state index in [-0.39, 0.29) is 0 Å². The van der Waals surface area contributed by atoms with Crippen LogP contribution < -0.4 is 0 Å². The highest BCUT2D eigenvalue weighted by Gasteiger charge is 2.15. The second-order valence-corrected chi connectivity index (χ2v) is 6.54. The van der Waals surface area contributed by atoms with Crippen molar-refractivity contribution >= 4 is 11.6 Å². The molecule has 2 heterocycles. The van der Waals surface area contributed by atoms with Gasteiger partial charge < -0.3 is 4.90 Å². The van der Waals surface area contributed by atoms with Gasteiger partial charge in [0.05, 0.1) is 11.4 Å². The molecule has 0 saturated heterocycles. The van der Waals surface area contributed by atoms with Gasteiger partial charge in [0.15, 0.2) is 0 Å². The van der Waals surface area contributed by atoms with Crippen LogP contribution in [0.5, 0.6) is 0 Å². The molecular formula is C18H24ClN3. The van der Waals surface area contributed by atoms with Crippen molar-refractivity contribution in [3.63, 3.8) is 0 Å². The molecule has 0 fully saturated rings. The van der Waals surface area contributed by atoms with Crippen LogP contribution in [0.4, 0.5) is 0 Å². The summed E-state index contributed by atoms with van der Waals surface area (Å²) in [6.45, 7) is 5.44. The summed E-state index contributed by atoms with van der Waals surface area (Å²) in [4.78, 5) is 2.54. The molecule has 0 amide bonds. The fourth-order valence-corrected chi connectivity index (χ4v) is 3.44. The van der Waals surface area contributed by atoms with Crippen molar-refractivity contribution in [1.82, 2.24) is 14.7 Å². The number of aryl methyl sites for hydroxylation is 2. The molecule has 1 aromatic heterocycles. The van der Waals surface area contributed by atoms with E-state index in [0.717, 1.165) is 50.5 Å². The predicted molar refractivity (Wildman–Crippen MR) is 92.6 cm³/mol. The molecule has 0 atom stereocenters. The van der Waals surface area contributed by atoms with E-state index in [1.165, 1.54) is 22.4 Å². The van der Waals surface area contributed by atoms with Gasteiger partial charge in [-0.15, -0.1) is 11.6 Å². The first-order valence-electron chi connectivity index (χ1n) is 8.08. The number of hydrogen-bond donors (Lipinski definition) is 0. The lowest BCUT2D eigenvalue weighted by atomic mass is 9.99. The van der Waals surface area contributed by atoms with Crippen LogP contribution in [0, 0.1) is 6.92 Å². The number of aromatic nitrogens is 2. The first kappa shape index (κ1) is 15.6. The first-order valence-corrected chi connectivity index (χ1v) is 8.62. The lowest BCUT2D eigenvalue weighted by Gasteiger charge is -2.18. The Morgan fingerprint density at radius 3 is 2.59 bits per heavy atom. The van der Waals surface area contributed by atoms with E-state index in [4.69, 9.17) is 11.6 Å². The molecule has 2 aromatic rings. The van der Waals surface area contributed by atoms with Crippen LogP contribution in [-0.4, -0.2) is 40.2 Å². The Morgan fingerprint density at radius 2 is 1.91 bits per heavy atom. The summed E-state index contributed by atoms with van der Waals surface area (Å²) in [7, 11) is 2.02. The van der Waals surface area contributed by atoms with Gasteiger partial charge in [0.1, 0.15) is 0 Å². The zero-order chi connectivity index (χ0) is 15.5. The van der Waals surface area contributed by atoms with Crippen molar-refractivity contribution < 1.29 is 0 Å². The highest BCUT2D eigenvalue weighted by molar-refractivity contribution is 6.17. The molecule has 22 heavy (non-hydrogen) atoms. The summed E-state index contributed by atoms with van der Waals surface area (Å²) in [6, 6.07) is 9.06. The third kappa shape index (κ3) is 3.36. The maximum Gasteiger partial charge on any atom is 0.0681 e. The maximum absolute atomic E-state index is 5.82. The second kappa shape index (κ2) is 6.84. The number of nitrogens with zero attached hydrogens (tertiary/aromatic N) is 3. The van der Waals surface area contributed by atoms with Crippen molar-refractivity contribution in [1.29, 1.82) is 0 Å². The topological polar surface area (TPSA) is 21.1 Å². The zero-order valence-corrected chi connectivity index (χ0v) is 14.2. The van der Waals surface area contributed by atoms with Gasteiger partial charge in [-0.1, -0.05) is 12.1 Å². The molecule has 3 rings (SSSR count). The highest BCUT2D eigenvalue weighted by atomic mass is 35.5. The Labute approximate surface area is 137 Å². The molecule has 0 bridgehead atoms. The van der Waals surface area contributed by atoms with Crippen molar-refractivity contribution in [3.05, 3.63) is 41.1 Å². The molecule has 0 aliphatic carbocycles. The molecule has 1 aromatic carbocycles. The van der Waals surface area contributed by atoms with E-state index in [1.807, 2.05) is 18.7 Å². The monoisotopic (exact) mass is 317 g/mol. The van der Waals surface area contributed by atoms with Crippen LogP contribution in [0.1, 0.15) is 23.2 Å². The van der Waals surface area contributed by atoms with E-state index in [1.54, 1.807) is 0 Å². The average molecular weight is 318 g/mol. The Kier molecular flexibility index (Phi) is 4.84. The fourth-order valence-electron chi connectivity index (χ4n) is 3.32. The number of benzene rings is 1. The Balaban J connectivity index is 1.81. The quantitative estimate of drug-likeness (QED) is 0.806. The Morgan fingerprint density at radius 1 is 1.14 bits per heavy atom. The van der Waals surface area contributed by atoms with Gasteiger partial charge in [-0.25, -0.2) is 0 Å². The lowest BCUT2D eigenvalue weighted by Crippen LogP contribution is -2.27. The van der Waals surface area contributed by atoms with E-state index >= 15 is 0 Å². The molecule has 0 saturated carbocycles. The molecule has 4 heteroatoms. The summed E-state index contributed by atoms with van der Waals surface area (Å²) >= 11 is 5.82. The van der Waals surface area contributed by atoms with Crippen molar-refractivity contribution in [2.24, 2.45) is 7.05 Å². The summed E-state index contributed by atoms with van der Waals surface area (Å²) in [5, 5.41) is 4.46. The summed E-state index contributed by atoms with van der Waals surface area (Å²) in [6.07, 6.45) is 3.35. The number of hydrogen-bond acceptors (Lipinski definition) is 2. The van der Waals surface area contributed by atoms with E-state index in [0.29, 0.717) is 0 Å². The predicted octanol–water partition coefficient (Wildman–Crippen LogP) is 3.43. The van der Waals surface area contributed by atoms with Crippen molar-refractivity contribution in [2.45, 2.75) is 26.2 Å². The Bertz CT molecular complexity index is 648. The van der Waals surface area contributed by atoms with Gasteiger partial charge in [-0.3, -0.25) is 4.68 Å². The normalized spacial score (nSPS) is 15.6. The summed E-state index contributed by atoms with van der Waals surface area (Å²) in [5.41, 5.74) is 6.53. The van der Waals surface area contributed by atoms with E-state index in [9.17, 15) is 0 Å². The number of rotatable bonds is 4. The Hall–Kier alpha value is -1.32. The SMILES string of the molecule is Cc1cc(-c2ccc3c(c2)CCN(CCCCl)CC3)n(C)n1. The third-order valence-electron chi connectivity index (χ3n) is 4.51. The van der Waals surface area contributed by atoms with Crippen LogP contribution in [0.3, 0.4) is 0 Å². The highest BCUT2D eigenvalue weighted by Crippen LogP contribution is 2.25. The van der Waals surface area contributed by atoms with Crippen LogP contribution in [0.25, 0.3) is 11.3 Å². The molecule has 0 spiro atoms. The molecule has 118 valence electrons. The molecule has 0 unspecified atom stereocenters. The second-order valence-electron chi connectivity index (χ2n) is 6.16. The molecule has 0 N–H and O–H groups in total. The smallest absolute Gasteiger partial charge is 0.0681 e. The van der Waals surface area contributed by atoms with Crippen molar-refractivity contribution in [2.75, 3.05) is 25.5 Å². The van der Waals surface area contributed by atoms with Gasteiger partial charge in [-0.2, -0.15) is 5.10 Å². The van der Waals surface area contributed by atoms with E-state index < -0.39 is 0 Å². The van der Waals surface area contributed by atoms with Crippen LogP contribution >= 0.6 is 11.6 Å². The van der Waals surface area contributed by atoms with Gasteiger partial charge in [0.25, 0.3) is 0 Å². The molecule has 0 radical (unpaired) electrons. The van der Waals surface area contributed by atoms with Crippen LogP contribution in [-0.2, 0) is 19.9 Å². The molecule has 1 aliphatic rings. The summed E-state index contributed by atoms with van der Waals surface area (Å²) < 4.78 is 1.97. The van der Waals surface area contributed by atoms with E-state index in [2.05, 4.69) is 34.3 Å². The number of halogens is 1.